The molecule has 5 aromatic carbocycles. The Morgan fingerprint density at radius 3 is 1.42 bits per heavy atom. The Labute approximate surface area is 317 Å². The first-order valence-corrected chi connectivity index (χ1v) is 21.4. The number of fused-ring (bicyclic) bond motifs is 3. The molecule has 1 aromatic heterocycles. The monoisotopic (exact) mass is 746 g/mol. The molecule has 6 aromatic rings. The maximum absolute atomic E-state index is 7.32. The lowest BCUT2D eigenvalue weighted by Gasteiger charge is -2.30. The topological polar surface area (TPSA) is 54.0 Å². The van der Waals surface area contributed by atoms with Gasteiger partial charge in [-0.1, -0.05) is 140 Å². The Balaban J connectivity index is 1.45. The summed E-state index contributed by atoms with van der Waals surface area (Å²) in [5.74, 6) is 1.53. The van der Waals surface area contributed by atoms with E-state index in [1.54, 1.807) is 14.2 Å². The van der Waals surface area contributed by atoms with Crippen LogP contribution in [0.15, 0.2) is 124 Å². The Morgan fingerprint density at radius 2 is 1.02 bits per heavy atom. The van der Waals surface area contributed by atoms with Gasteiger partial charge in [0.1, 0.15) is 28.8 Å². The van der Waals surface area contributed by atoms with Crippen LogP contribution in [0.4, 0.5) is 0 Å². The van der Waals surface area contributed by atoms with E-state index in [1.807, 2.05) is 0 Å². The van der Waals surface area contributed by atoms with Crippen LogP contribution in [0.1, 0.15) is 99.6 Å². The molecule has 1 aliphatic heterocycles. The second-order valence-corrected chi connectivity index (χ2v) is 19.8. The molecule has 1 aliphatic rings. The summed E-state index contributed by atoms with van der Waals surface area (Å²) >= 11 is 0. The molecule has 3 atom stereocenters. The summed E-state index contributed by atoms with van der Waals surface area (Å²) in [6.45, 7) is 13.2. The van der Waals surface area contributed by atoms with Gasteiger partial charge in [-0.15, -0.1) is 0 Å². The van der Waals surface area contributed by atoms with Crippen LogP contribution in [0.5, 0.6) is 11.5 Å². The summed E-state index contributed by atoms with van der Waals surface area (Å²) < 4.78 is 33.3. The maximum atomic E-state index is 7.32. The lowest BCUT2D eigenvalue weighted by molar-refractivity contribution is 0.288. The molecule has 7 heteroatoms. The van der Waals surface area contributed by atoms with Gasteiger partial charge in [0.15, 0.2) is 0 Å². The molecule has 2 heterocycles. The molecule has 5 nitrogen and oxygen atoms in total. The van der Waals surface area contributed by atoms with Gasteiger partial charge >= 0.3 is 8.24 Å². The average molecular weight is 747 g/mol. The van der Waals surface area contributed by atoms with Crippen LogP contribution in [0.2, 0.25) is 0 Å². The molecule has 0 aliphatic carbocycles. The zero-order valence-corrected chi connectivity index (χ0v) is 34.0. The van der Waals surface area contributed by atoms with Gasteiger partial charge in [0.2, 0.25) is 0 Å². The lowest BCUT2D eigenvalue weighted by atomic mass is 9.84. The Bertz CT molecular complexity index is 2070. The van der Waals surface area contributed by atoms with E-state index in [9.17, 15) is 0 Å². The van der Waals surface area contributed by atoms with Gasteiger partial charge in [-0.05, 0) is 64.6 Å². The van der Waals surface area contributed by atoms with Crippen LogP contribution in [0.3, 0.4) is 0 Å². The van der Waals surface area contributed by atoms with Gasteiger partial charge in [-0.25, -0.2) is 0 Å². The summed E-state index contributed by atoms with van der Waals surface area (Å²) in [4.78, 5) is 0. The van der Waals surface area contributed by atoms with E-state index in [0.29, 0.717) is 11.3 Å². The third kappa shape index (κ3) is 7.95. The minimum absolute atomic E-state index is 0.249. The van der Waals surface area contributed by atoms with Crippen molar-refractivity contribution in [3.8, 4) is 11.5 Å². The van der Waals surface area contributed by atoms with Crippen LogP contribution < -0.4 is 14.0 Å². The SMILES string of the molecule is COc1cc(C(C)(C)C)c2op(O[C@@H](CP3[C@@H](c4ccccc4)CC[C@@H]3c3ccccc3)c3ccccc3)oc3c(C(C)(C)C)cc(OC)cc3c2c1. The molecular formula is C46H52O5P2. The van der Waals surface area contributed by atoms with E-state index in [2.05, 4.69) is 157 Å². The number of methoxy groups -OCH3 is 2. The zero-order valence-electron chi connectivity index (χ0n) is 32.3. The predicted molar refractivity (Wildman–Crippen MR) is 222 cm³/mol. The average Bonchev–Trinajstić information content (AvgIpc) is 3.51. The fraction of sp³-hybridized carbons (Fsp3) is 0.348. The molecule has 0 bridgehead atoms. The van der Waals surface area contributed by atoms with Crippen molar-refractivity contribution in [1.29, 1.82) is 0 Å². The fourth-order valence-corrected chi connectivity index (χ4v) is 12.7. The number of benzene rings is 5. The van der Waals surface area contributed by atoms with Crippen LogP contribution in [0, 0.1) is 0 Å². The number of rotatable bonds is 9. The minimum Gasteiger partial charge on any atom is -0.497 e. The largest absolute Gasteiger partial charge is 0.497 e. The van der Waals surface area contributed by atoms with Crippen LogP contribution in [-0.4, -0.2) is 20.4 Å². The van der Waals surface area contributed by atoms with Gasteiger partial charge in [-0.2, -0.15) is 0 Å². The quantitative estimate of drug-likeness (QED) is 0.138. The molecule has 7 rings (SSSR count). The van der Waals surface area contributed by atoms with Crippen molar-refractivity contribution >= 4 is 38.1 Å². The van der Waals surface area contributed by atoms with Crippen LogP contribution in [-0.2, 0) is 10.8 Å². The van der Waals surface area contributed by atoms with Gasteiger partial charge in [0.25, 0.3) is 0 Å². The Hall–Kier alpha value is -4.01. The highest BCUT2D eigenvalue weighted by Crippen LogP contribution is 2.71. The number of hydrogen-bond donors (Lipinski definition) is 0. The third-order valence-electron chi connectivity index (χ3n) is 10.5. The van der Waals surface area contributed by atoms with Crippen molar-refractivity contribution < 1.29 is 22.4 Å². The molecule has 1 saturated heterocycles. The normalized spacial score (nSPS) is 17.3. The maximum Gasteiger partial charge on any atom is 0.388 e. The second kappa shape index (κ2) is 15.4. The zero-order chi connectivity index (χ0) is 37.3. The van der Waals surface area contributed by atoms with E-state index in [0.717, 1.165) is 69.1 Å². The lowest BCUT2D eigenvalue weighted by Crippen LogP contribution is -2.13. The summed E-state index contributed by atoms with van der Waals surface area (Å²) in [7, 11) is 0.963. The van der Waals surface area contributed by atoms with Crippen molar-refractivity contribution in [3.05, 3.63) is 143 Å². The minimum atomic E-state index is -1.92. The van der Waals surface area contributed by atoms with Crippen LogP contribution in [0.25, 0.3) is 21.9 Å². The molecule has 276 valence electrons. The van der Waals surface area contributed by atoms with Gasteiger partial charge in [-0.3, -0.25) is 4.52 Å². The summed E-state index contributed by atoms with van der Waals surface area (Å²) in [5, 5.41) is 1.82. The standard InChI is InChI=1S/C46H52O5P2/c1-45(2,3)38-28-34(47-7)26-36-37-27-35(48-8)29-39(46(4,5)6)44(37)51-53(50-43(36)38)49-40(31-18-12-9-13-19-31)30-52-41(32-20-14-10-15-21-32)24-25-42(52)33-22-16-11-17-23-33/h9-23,26-29,40-42H,24-25,30H2,1-8H3/t40-,41+,42+/m0/s1. The first-order chi connectivity index (χ1) is 25.4. The highest BCUT2D eigenvalue weighted by molar-refractivity contribution is 7.58. The third-order valence-corrected chi connectivity index (χ3v) is 15.0. The van der Waals surface area contributed by atoms with Gasteiger partial charge in [0.05, 0.1) is 14.2 Å². The van der Waals surface area contributed by atoms with Gasteiger partial charge in [0, 0.05) is 39.4 Å². The first-order valence-electron chi connectivity index (χ1n) is 18.6. The van der Waals surface area contributed by atoms with E-state index in [-0.39, 0.29) is 16.9 Å². The molecule has 0 amide bonds. The highest BCUT2D eigenvalue weighted by Gasteiger charge is 2.39. The molecule has 0 spiro atoms. The van der Waals surface area contributed by atoms with Gasteiger partial charge < -0.3 is 17.9 Å². The number of hydrogen-bond acceptors (Lipinski definition) is 5. The number of ether oxygens (including phenoxy) is 2. The molecule has 0 radical (unpaired) electrons. The summed E-state index contributed by atoms with van der Waals surface area (Å²) in [6.07, 6.45) is 2.95. The predicted octanol–water partition coefficient (Wildman–Crippen LogP) is 13.8. The van der Waals surface area contributed by atoms with Crippen molar-refractivity contribution in [2.45, 2.75) is 82.6 Å². The van der Waals surface area contributed by atoms with E-state index in [1.165, 1.54) is 11.1 Å². The van der Waals surface area contributed by atoms with Crippen molar-refractivity contribution in [1.82, 2.24) is 0 Å². The Morgan fingerprint density at radius 1 is 0.604 bits per heavy atom. The summed E-state index contributed by atoms with van der Waals surface area (Å²) in [5.41, 5.74) is 8.00. The highest BCUT2D eigenvalue weighted by atomic mass is 31.1. The van der Waals surface area contributed by atoms with E-state index >= 15 is 0 Å². The molecule has 0 saturated carbocycles. The molecule has 0 N–H and O–H groups in total. The fourth-order valence-electron chi connectivity index (χ4n) is 7.71. The molecule has 0 unspecified atom stereocenters. The molecule has 53 heavy (non-hydrogen) atoms. The first kappa shape index (κ1) is 37.3. The molecule has 1 fully saturated rings. The second-order valence-electron chi connectivity index (χ2n) is 16.1. The smallest absolute Gasteiger partial charge is 0.388 e. The van der Waals surface area contributed by atoms with E-state index in [4.69, 9.17) is 22.4 Å². The Kier molecular flexibility index (Phi) is 10.8. The summed E-state index contributed by atoms with van der Waals surface area (Å²) in [6, 6.07) is 41.2. The van der Waals surface area contributed by atoms with E-state index < -0.39 is 16.2 Å². The molecular weight excluding hydrogens is 694 g/mol. The van der Waals surface area contributed by atoms with Crippen molar-refractivity contribution in [2.24, 2.45) is 0 Å². The van der Waals surface area contributed by atoms with Crippen molar-refractivity contribution in [2.75, 3.05) is 20.4 Å². The van der Waals surface area contributed by atoms with Crippen molar-refractivity contribution in [3.63, 3.8) is 0 Å². The van der Waals surface area contributed by atoms with Crippen LogP contribution >= 0.6 is 16.2 Å².